The second-order valence-corrected chi connectivity index (χ2v) is 11.0. The van der Waals surface area contributed by atoms with Gasteiger partial charge in [0.05, 0.1) is 24.5 Å². The molecule has 1 aromatic carbocycles. The van der Waals surface area contributed by atoms with E-state index in [1.165, 1.54) is 0 Å². The van der Waals surface area contributed by atoms with E-state index in [0.717, 1.165) is 69.0 Å². The molecule has 0 radical (unpaired) electrons. The Morgan fingerprint density at radius 2 is 2.06 bits per heavy atom. The van der Waals surface area contributed by atoms with E-state index >= 15 is 0 Å². The van der Waals surface area contributed by atoms with Crippen LogP contribution >= 0.6 is 23.5 Å². The van der Waals surface area contributed by atoms with Crippen LogP contribution in [0, 0.1) is 12.8 Å². The summed E-state index contributed by atoms with van der Waals surface area (Å²) in [5, 5.41) is 7.94. The van der Waals surface area contributed by atoms with Crippen molar-refractivity contribution in [1.82, 2.24) is 19.0 Å². The number of amides is 1. The van der Waals surface area contributed by atoms with Gasteiger partial charge in [-0.3, -0.25) is 9.59 Å². The molecular weight excluding hydrogens is 486 g/mol. The zero-order chi connectivity index (χ0) is 24.9. The minimum atomic E-state index is -0.242. The van der Waals surface area contributed by atoms with Crippen LogP contribution in [0.25, 0.3) is 0 Å². The summed E-state index contributed by atoms with van der Waals surface area (Å²) in [4.78, 5) is 28.0. The summed E-state index contributed by atoms with van der Waals surface area (Å²) in [6.45, 7) is 5.97. The van der Waals surface area contributed by atoms with Crippen molar-refractivity contribution < 1.29 is 9.53 Å². The summed E-state index contributed by atoms with van der Waals surface area (Å²) in [6, 6.07) is 5.84. The van der Waals surface area contributed by atoms with Gasteiger partial charge in [-0.15, -0.1) is 0 Å². The van der Waals surface area contributed by atoms with Gasteiger partial charge >= 0.3 is 0 Å². The maximum absolute atomic E-state index is 13.0. The third-order valence-electron chi connectivity index (χ3n) is 6.62. The molecule has 1 N–H and O–H groups in total. The molecule has 35 heavy (non-hydrogen) atoms. The van der Waals surface area contributed by atoms with Gasteiger partial charge in [0.2, 0.25) is 0 Å². The van der Waals surface area contributed by atoms with E-state index in [1.54, 1.807) is 41.8 Å². The molecule has 1 unspecified atom stereocenters. The average molecular weight is 520 g/mol. The molecule has 2 aromatic rings. The summed E-state index contributed by atoms with van der Waals surface area (Å²) in [6.07, 6.45) is 5.46. The topological polar surface area (TPSA) is 79.7 Å². The number of rotatable bonds is 7. The highest BCUT2D eigenvalue weighted by Gasteiger charge is 2.25. The van der Waals surface area contributed by atoms with Gasteiger partial charge in [0.15, 0.2) is 0 Å². The minimum Gasteiger partial charge on any atom is -0.382 e. The van der Waals surface area contributed by atoms with E-state index in [1.807, 2.05) is 18.2 Å². The van der Waals surface area contributed by atoms with Crippen LogP contribution in [0.1, 0.15) is 47.6 Å². The fourth-order valence-electron chi connectivity index (χ4n) is 4.46. The molecule has 2 saturated heterocycles. The molecule has 0 spiro atoms. The molecule has 2 aliphatic heterocycles. The van der Waals surface area contributed by atoms with Crippen molar-refractivity contribution in [3.8, 4) is 0 Å². The molecule has 2 aliphatic rings. The largest absolute Gasteiger partial charge is 0.382 e. The van der Waals surface area contributed by atoms with E-state index in [9.17, 15) is 9.59 Å². The van der Waals surface area contributed by atoms with Crippen LogP contribution in [0.4, 0.5) is 5.69 Å². The van der Waals surface area contributed by atoms with Gasteiger partial charge < -0.3 is 15.0 Å². The lowest BCUT2D eigenvalue weighted by molar-refractivity contribution is 0.0595. The van der Waals surface area contributed by atoms with Crippen LogP contribution in [-0.2, 0) is 4.74 Å². The second kappa shape index (κ2) is 11.8. The number of hydrogen-bond donors (Lipinski definition) is 1. The normalized spacial score (nSPS) is 19.5. The van der Waals surface area contributed by atoms with Gasteiger partial charge in [-0.05, 0) is 68.2 Å². The summed E-state index contributed by atoms with van der Waals surface area (Å²) in [5.74, 6) is 0.423. The third kappa shape index (κ3) is 6.39. The Hall–Kier alpha value is -2.07. The number of nitrogens with zero attached hydrogens (tertiary/aromatic N) is 4. The first kappa shape index (κ1) is 26.0. The van der Waals surface area contributed by atoms with Crippen molar-refractivity contribution in [3.63, 3.8) is 0 Å². The van der Waals surface area contributed by atoms with Crippen molar-refractivity contribution in [1.29, 1.82) is 0 Å². The molecule has 1 amide bonds. The van der Waals surface area contributed by atoms with Crippen LogP contribution in [0.15, 0.2) is 34.1 Å². The van der Waals surface area contributed by atoms with E-state index < -0.39 is 0 Å². The molecule has 1 atom stereocenters. The SMILES string of the molecule is Cc1ccc(C(=O)N(C)C)cc1SN1CCC(n2ncc(NCC3CCCOC3)c(Cl)c2=O)CC1. The van der Waals surface area contributed by atoms with E-state index in [4.69, 9.17) is 16.3 Å². The first-order valence-electron chi connectivity index (χ1n) is 12.2. The van der Waals surface area contributed by atoms with Gasteiger partial charge in [0.1, 0.15) is 5.02 Å². The molecule has 10 heteroatoms. The summed E-state index contributed by atoms with van der Waals surface area (Å²) in [7, 11) is 3.52. The number of nitrogens with one attached hydrogen (secondary N) is 1. The lowest BCUT2D eigenvalue weighted by Crippen LogP contribution is -2.36. The number of benzene rings is 1. The highest BCUT2D eigenvalue weighted by molar-refractivity contribution is 7.97. The van der Waals surface area contributed by atoms with E-state index in [2.05, 4.69) is 21.6 Å². The fraction of sp³-hybridized carbons (Fsp3) is 0.560. The first-order chi connectivity index (χ1) is 16.8. The molecule has 8 nitrogen and oxygen atoms in total. The number of aryl methyl sites for hydroxylation is 1. The van der Waals surface area contributed by atoms with Gasteiger partial charge in [-0.25, -0.2) is 8.99 Å². The van der Waals surface area contributed by atoms with Crippen molar-refractivity contribution in [2.45, 2.75) is 43.5 Å². The molecule has 1 aromatic heterocycles. The standard InChI is InChI=1S/C25H34ClN5O3S/c1-17-6-7-19(24(32)29(2)3)13-22(17)35-30-10-8-20(9-11-30)31-25(33)23(26)21(15-28-31)27-14-18-5-4-12-34-16-18/h6-7,13,15,18,20,27H,4-5,8-12,14,16H2,1-3H3. The van der Waals surface area contributed by atoms with Gasteiger partial charge in [0.25, 0.3) is 11.5 Å². The summed E-state index contributed by atoms with van der Waals surface area (Å²) < 4.78 is 9.36. The molecule has 2 fully saturated rings. The number of carbonyl (C=O) groups excluding carboxylic acids is 1. The van der Waals surface area contributed by atoms with Crippen LogP contribution < -0.4 is 10.9 Å². The van der Waals surface area contributed by atoms with Crippen molar-refractivity contribution in [2.24, 2.45) is 5.92 Å². The fourth-order valence-corrected chi connectivity index (χ4v) is 5.72. The van der Waals surface area contributed by atoms with Crippen molar-refractivity contribution in [3.05, 3.63) is 50.9 Å². The third-order valence-corrected chi connectivity index (χ3v) is 8.24. The monoisotopic (exact) mass is 519 g/mol. The number of ether oxygens (including phenoxy) is 1. The van der Waals surface area contributed by atoms with Crippen molar-refractivity contribution in [2.75, 3.05) is 52.3 Å². The smallest absolute Gasteiger partial charge is 0.287 e. The number of aromatic nitrogens is 2. The zero-order valence-corrected chi connectivity index (χ0v) is 22.2. The minimum absolute atomic E-state index is 0.00195. The number of halogens is 1. The Kier molecular flexibility index (Phi) is 8.75. The molecular formula is C25H34ClN5O3S. The van der Waals surface area contributed by atoms with Gasteiger partial charge in [-0.2, -0.15) is 5.10 Å². The Labute approximate surface area is 216 Å². The molecule has 0 saturated carbocycles. The Morgan fingerprint density at radius 1 is 1.29 bits per heavy atom. The summed E-state index contributed by atoms with van der Waals surface area (Å²) in [5.41, 5.74) is 2.18. The lowest BCUT2D eigenvalue weighted by Gasteiger charge is -2.31. The summed E-state index contributed by atoms with van der Waals surface area (Å²) >= 11 is 8.11. The number of piperidine rings is 1. The molecule has 0 bridgehead atoms. The highest BCUT2D eigenvalue weighted by atomic mass is 35.5. The first-order valence-corrected chi connectivity index (χ1v) is 13.3. The Bertz CT molecular complexity index is 1090. The van der Waals surface area contributed by atoms with Crippen molar-refractivity contribution >= 4 is 35.1 Å². The average Bonchev–Trinajstić information content (AvgIpc) is 2.87. The molecule has 190 valence electrons. The van der Waals surface area contributed by atoms with Gasteiger partial charge in [-0.1, -0.05) is 17.7 Å². The lowest BCUT2D eigenvalue weighted by atomic mass is 10.0. The van der Waals surface area contributed by atoms with E-state index in [-0.39, 0.29) is 22.5 Å². The van der Waals surface area contributed by atoms with Crippen LogP contribution in [0.2, 0.25) is 5.02 Å². The predicted octanol–water partition coefficient (Wildman–Crippen LogP) is 4.09. The van der Waals surface area contributed by atoms with Crippen LogP contribution in [0.3, 0.4) is 0 Å². The van der Waals surface area contributed by atoms with Gasteiger partial charge in [0, 0.05) is 50.8 Å². The van der Waals surface area contributed by atoms with Crippen LogP contribution in [-0.4, -0.2) is 71.8 Å². The molecule has 4 rings (SSSR count). The zero-order valence-electron chi connectivity index (χ0n) is 20.6. The predicted molar refractivity (Wildman–Crippen MR) is 140 cm³/mol. The number of hydrogen-bond acceptors (Lipinski definition) is 7. The Balaban J connectivity index is 1.35. The Morgan fingerprint density at radius 3 is 2.74 bits per heavy atom. The maximum Gasteiger partial charge on any atom is 0.287 e. The van der Waals surface area contributed by atoms with Crippen LogP contribution in [0.5, 0.6) is 0 Å². The number of carbonyl (C=O) groups is 1. The molecule has 3 heterocycles. The second-order valence-electron chi connectivity index (χ2n) is 9.52. The maximum atomic E-state index is 13.0. The number of anilines is 1. The quantitative estimate of drug-likeness (QED) is 0.552. The highest BCUT2D eigenvalue weighted by Crippen LogP contribution is 2.32. The van der Waals surface area contributed by atoms with E-state index in [0.29, 0.717) is 17.2 Å². The molecule has 0 aliphatic carbocycles.